The number of hydrogen-bond donors (Lipinski definition) is 1. The molecule has 0 amide bonds. The highest BCUT2D eigenvalue weighted by molar-refractivity contribution is 7.92. The molecule has 0 unspecified atom stereocenters. The van der Waals surface area contributed by atoms with Gasteiger partial charge in [0, 0.05) is 38.4 Å². The van der Waals surface area contributed by atoms with E-state index in [4.69, 9.17) is 9.47 Å². The third-order valence-corrected chi connectivity index (χ3v) is 7.02. The number of nitrogens with one attached hydrogen (secondary N) is 1. The van der Waals surface area contributed by atoms with Crippen LogP contribution in [0.15, 0.2) is 59.8 Å². The molecule has 13 heteroatoms. The summed E-state index contributed by atoms with van der Waals surface area (Å²) in [5, 5.41) is 0. The summed E-state index contributed by atoms with van der Waals surface area (Å²) in [6.45, 7) is 1.51. The van der Waals surface area contributed by atoms with E-state index in [1.807, 2.05) is 17.0 Å². The van der Waals surface area contributed by atoms with Crippen molar-refractivity contribution in [1.29, 1.82) is 0 Å². The number of ether oxygens (including phenoxy) is 2. The molecule has 1 aliphatic rings. The maximum atomic E-state index is 14.0. The Labute approximate surface area is 206 Å². The van der Waals surface area contributed by atoms with Crippen molar-refractivity contribution < 1.29 is 31.1 Å². The van der Waals surface area contributed by atoms with E-state index in [1.54, 1.807) is 12.3 Å². The molecule has 0 atom stereocenters. The second kappa shape index (κ2) is 10.1. The molecule has 0 bridgehead atoms. The predicted molar refractivity (Wildman–Crippen MR) is 128 cm³/mol. The zero-order valence-corrected chi connectivity index (χ0v) is 20.3. The zero-order valence-electron chi connectivity index (χ0n) is 19.5. The van der Waals surface area contributed by atoms with Gasteiger partial charge in [-0.2, -0.15) is 13.2 Å². The summed E-state index contributed by atoms with van der Waals surface area (Å²) >= 11 is 0. The van der Waals surface area contributed by atoms with Crippen LogP contribution < -0.4 is 24.0 Å². The molecular formula is C23H24F3N5O4S. The largest absolute Gasteiger partial charge is 0.493 e. The third kappa shape index (κ3) is 5.40. The van der Waals surface area contributed by atoms with Crippen LogP contribution in [-0.2, 0) is 16.2 Å². The number of methoxy groups -OCH3 is 2. The second-order valence-corrected chi connectivity index (χ2v) is 9.56. The van der Waals surface area contributed by atoms with Gasteiger partial charge in [0.05, 0.1) is 31.0 Å². The van der Waals surface area contributed by atoms with Gasteiger partial charge in [-0.25, -0.2) is 18.4 Å². The fraction of sp³-hybridized carbons (Fsp3) is 0.304. The fourth-order valence-corrected chi connectivity index (χ4v) is 4.91. The van der Waals surface area contributed by atoms with Gasteiger partial charge in [0.1, 0.15) is 17.2 Å². The van der Waals surface area contributed by atoms with Crippen LogP contribution in [0.25, 0.3) is 0 Å². The van der Waals surface area contributed by atoms with Crippen molar-refractivity contribution in [2.75, 3.05) is 54.9 Å². The monoisotopic (exact) mass is 523 g/mol. The average Bonchev–Trinajstić information content (AvgIpc) is 2.88. The number of piperazine rings is 1. The molecule has 0 saturated carbocycles. The van der Waals surface area contributed by atoms with E-state index in [1.165, 1.54) is 37.3 Å². The van der Waals surface area contributed by atoms with Gasteiger partial charge in [-0.3, -0.25) is 4.72 Å². The summed E-state index contributed by atoms with van der Waals surface area (Å²) < 4.78 is 80.0. The van der Waals surface area contributed by atoms with Gasteiger partial charge < -0.3 is 19.3 Å². The lowest BCUT2D eigenvalue weighted by molar-refractivity contribution is -0.137. The van der Waals surface area contributed by atoms with Crippen molar-refractivity contribution in [3.63, 3.8) is 0 Å². The van der Waals surface area contributed by atoms with E-state index in [0.29, 0.717) is 31.9 Å². The van der Waals surface area contributed by atoms with Gasteiger partial charge in [-0.05, 0) is 30.3 Å². The first-order valence-corrected chi connectivity index (χ1v) is 12.3. The molecule has 0 aliphatic carbocycles. The molecule has 2 aromatic heterocycles. The van der Waals surface area contributed by atoms with Crippen LogP contribution in [0.1, 0.15) is 5.56 Å². The van der Waals surface area contributed by atoms with Crippen molar-refractivity contribution in [3.05, 3.63) is 60.4 Å². The Kier molecular flexibility index (Phi) is 7.11. The van der Waals surface area contributed by atoms with Crippen molar-refractivity contribution >= 4 is 27.3 Å². The van der Waals surface area contributed by atoms with Crippen LogP contribution in [0.5, 0.6) is 11.5 Å². The molecule has 0 spiro atoms. The van der Waals surface area contributed by atoms with E-state index >= 15 is 0 Å². The van der Waals surface area contributed by atoms with E-state index in [-0.39, 0.29) is 22.2 Å². The molecule has 4 rings (SSSR count). The molecule has 1 saturated heterocycles. The Morgan fingerprint density at radius 1 is 0.917 bits per heavy atom. The SMILES string of the molecule is COc1ccc(S(=O)(=O)Nc2cnc(N3CCN(c4ccccn4)CC3)c(C(F)(F)F)c2)cc1OC. The molecule has 9 nitrogen and oxygen atoms in total. The van der Waals surface area contributed by atoms with Crippen molar-refractivity contribution in [2.45, 2.75) is 11.1 Å². The number of aromatic nitrogens is 2. The lowest BCUT2D eigenvalue weighted by atomic mass is 10.2. The molecule has 0 radical (unpaired) electrons. The lowest BCUT2D eigenvalue weighted by Gasteiger charge is -2.37. The Morgan fingerprint density at radius 3 is 2.22 bits per heavy atom. The summed E-state index contributed by atoms with van der Waals surface area (Å²) in [5.74, 6) is 0.970. The quantitative estimate of drug-likeness (QED) is 0.502. The van der Waals surface area contributed by atoms with Gasteiger partial charge in [0.25, 0.3) is 10.0 Å². The van der Waals surface area contributed by atoms with Crippen LogP contribution >= 0.6 is 0 Å². The Bertz CT molecular complexity index is 1320. The highest BCUT2D eigenvalue weighted by atomic mass is 32.2. The maximum absolute atomic E-state index is 14.0. The average molecular weight is 524 g/mol. The number of sulfonamides is 1. The Balaban J connectivity index is 1.57. The molecule has 192 valence electrons. The Hall–Kier alpha value is -3.74. The van der Waals surface area contributed by atoms with E-state index in [2.05, 4.69) is 14.7 Å². The van der Waals surface area contributed by atoms with Crippen LogP contribution in [0.3, 0.4) is 0 Å². The molecule has 1 aromatic carbocycles. The smallest absolute Gasteiger partial charge is 0.420 e. The van der Waals surface area contributed by atoms with Crippen LogP contribution in [0, 0.1) is 0 Å². The predicted octanol–water partition coefficient (Wildman–Crippen LogP) is 3.64. The number of alkyl halides is 3. The summed E-state index contributed by atoms with van der Waals surface area (Å²) in [7, 11) is -1.49. The minimum atomic E-state index is -4.74. The summed E-state index contributed by atoms with van der Waals surface area (Å²) in [4.78, 5) is 11.6. The standard InChI is InChI=1S/C23H24F3N5O4S/c1-34-19-7-6-17(14-20(19)35-2)36(32,33)29-16-13-18(23(24,25)26)22(28-15-16)31-11-9-30(10-12-31)21-5-3-4-8-27-21/h3-8,13-15,29H,9-12H2,1-2H3. The molecule has 1 aliphatic heterocycles. The molecule has 36 heavy (non-hydrogen) atoms. The molecular weight excluding hydrogens is 499 g/mol. The first-order valence-electron chi connectivity index (χ1n) is 10.9. The lowest BCUT2D eigenvalue weighted by Crippen LogP contribution is -2.47. The number of hydrogen-bond acceptors (Lipinski definition) is 8. The zero-order chi connectivity index (χ0) is 25.9. The third-order valence-electron chi connectivity index (χ3n) is 5.64. The number of benzene rings is 1. The number of pyridine rings is 2. The van der Waals surface area contributed by atoms with Gasteiger partial charge in [0.15, 0.2) is 11.5 Å². The van der Waals surface area contributed by atoms with Gasteiger partial charge in [0.2, 0.25) is 0 Å². The summed E-state index contributed by atoms with van der Waals surface area (Å²) in [6, 6.07) is 10.1. The first kappa shape index (κ1) is 25.4. The fourth-order valence-electron chi connectivity index (χ4n) is 3.86. The van der Waals surface area contributed by atoms with Crippen molar-refractivity contribution in [1.82, 2.24) is 9.97 Å². The van der Waals surface area contributed by atoms with Crippen LogP contribution in [0.2, 0.25) is 0 Å². The number of rotatable bonds is 7. The van der Waals surface area contributed by atoms with Gasteiger partial charge in [-0.1, -0.05) is 6.07 Å². The van der Waals surface area contributed by atoms with Crippen LogP contribution in [0.4, 0.5) is 30.5 Å². The first-order chi connectivity index (χ1) is 17.1. The minimum Gasteiger partial charge on any atom is -0.493 e. The minimum absolute atomic E-state index is 0.162. The topological polar surface area (TPSA) is 96.9 Å². The highest BCUT2D eigenvalue weighted by Crippen LogP contribution is 2.38. The maximum Gasteiger partial charge on any atom is 0.420 e. The van der Waals surface area contributed by atoms with E-state index in [0.717, 1.165) is 18.1 Å². The number of halogens is 3. The normalized spacial score (nSPS) is 14.5. The van der Waals surface area contributed by atoms with Gasteiger partial charge in [-0.15, -0.1) is 0 Å². The number of anilines is 3. The Morgan fingerprint density at radius 2 is 1.61 bits per heavy atom. The summed E-state index contributed by atoms with van der Waals surface area (Å²) in [6.07, 6.45) is -2.01. The molecule has 3 aromatic rings. The van der Waals surface area contributed by atoms with E-state index < -0.39 is 21.8 Å². The molecule has 1 N–H and O–H groups in total. The molecule has 1 fully saturated rings. The van der Waals surface area contributed by atoms with Gasteiger partial charge >= 0.3 is 6.18 Å². The van der Waals surface area contributed by atoms with Crippen LogP contribution in [-0.4, -0.2) is 58.8 Å². The van der Waals surface area contributed by atoms with Crippen molar-refractivity contribution in [2.24, 2.45) is 0 Å². The number of nitrogens with zero attached hydrogens (tertiary/aromatic N) is 4. The molecule has 3 heterocycles. The summed E-state index contributed by atoms with van der Waals surface area (Å²) in [5.41, 5.74) is -1.34. The highest BCUT2D eigenvalue weighted by Gasteiger charge is 2.37. The van der Waals surface area contributed by atoms with Crippen molar-refractivity contribution in [3.8, 4) is 11.5 Å². The van der Waals surface area contributed by atoms with E-state index in [9.17, 15) is 21.6 Å². The second-order valence-electron chi connectivity index (χ2n) is 7.88.